The molecule has 0 atom stereocenters. The van der Waals surface area contributed by atoms with Crippen molar-refractivity contribution in [1.29, 1.82) is 0 Å². The minimum Gasteiger partial charge on any atom is -0.292 e. The second-order valence-electron chi connectivity index (χ2n) is 6.31. The number of Topliss-reactive ketones (excluding diaryl/α,β-unsaturated/α-hetero) is 1. The Hall–Kier alpha value is -2.75. The van der Waals surface area contributed by atoms with Gasteiger partial charge in [0, 0.05) is 5.56 Å². The number of hydrogen-bond acceptors (Lipinski definition) is 3. The van der Waals surface area contributed by atoms with Gasteiger partial charge in [0.15, 0.2) is 5.78 Å². The number of aryl methyl sites for hydroxylation is 2. The van der Waals surface area contributed by atoms with Crippen LogP contribution in [-0.4, -0.2) is 15.3 Å². The molecule has 3 aromatic rings. The van der Waals surface area contributed by atoms with Crippen molar-refractivity contribution in [1.82, 2.24) is 9.55 Å². The van der Waals surface area contributed by atoms with Crippen molar-refractivity contribution in [3.05, 3.63) is 75.8 Å². The molecule has 0 bridgehead atoms. The summed E-state index contributed by atoms with van der Waals surface area (Å²) in [6, 6.07) is 13.1. The number of carbonyl (C=O) groups is 1. The minimum atomic E-state index is -0.174. The number of rotatable bonds is 3. The van der Waals surface area contributed by atoms with Crippen LogP contribution >= 0.6 is 0 Å². The van der Waals surface area contributed by atoms with Crippen molar-refractivity contribution in [3.8, 4) is 0 Å². The normalized spacial score (nSPS) is 13.7. The van der Waals surface area contributed by atoms with Gasteiger partial charge < -0.3 is 0 Å². The van der Waals surface area contributed by atoms with Gasteiger partial charge in [-0.2, -0.15) is 0 Å². The molecule has 1 aliphatic carbocycles. The van der Waals surface area contributed by atoms with Crippen LogP contribution in [-0.2, 0) is 19.4 Å². The summed E-state index contributed by atoms with van der Waals surface area (Å²) in [4.78, 5) is 29.4. The predicted molar refractivity (Wildman–Crippen MR) is 93.4 cm³/mol. The molecule has 1 aliphatic rings. The van der Waals surface area contributed by atoms with E-state index in [-0.39, 0.29) is 17.9 Å². The molecule has 1 aromatic heterocycles. The Morgan fingerprint density at radius 1 is 1.04 bits per heavy atom. The van der Waals surface area contributed by atoms with Crippen molar-refractivity contribution in [2.75, 3.05) is 0 Å². The Bertz CT molecular complexity index is 988. The van der Waals surface area contributed by atoms with Gasteiger partial charge in [0.05, 0.1) is 23.8 Å². The van der Waals surface area contributed by atoms with Gasteiger partial charge in [-0.15, -0.1) is 0 Å². The molecule has 24 heavy (non-hydrogen) atoms. The van der Waals surface area contributed by atoms with E-state index < -0.39 is 0 Å². The van der Waals surface area contributed by atoms with Crippen LogP contribution in [0, 0.1) is 0 Å². The molecule has 0 N–H and O–H groups in total. The topological polar surface area (TPSA) is 52.0 Å². The third kappa shape index (κ3) is 2.64. The Morgan fingerprint density at radius 2 is 1.83 bits per heavy atom. The highest BCUT2D eigenvalue weighted by Gasteiger charge is 2.14. The van der Waals surface area contributed by atoms with E-state index >= 15 is 0 Å². The summed E-state index contributed by atoms with van der Waals surface area (Å²) in [5.41, 5.74) is 3.78. The van der Waals surface area contributed by atoms with E-state index in [4.69, 9.17) is 0 Å². The average Bonchev–Trinajstić information content (AvgIpc) is 2.64. The highest BCUT2D eigenvalue weighted by atomic mass is 16.1. The molecule has 4 rings (SSSR count). The summed E-state index contributed by atoms with van der Waals surface area (Å²) in [5.74, 6) is -0.0532. The fourth-order valence-electron chi connectivity index (χ4n) is 3.37. The molecule has 4 heteroatoms. The number of benzene rings is 2. The summed E-state index contributed by atoms with van der Waals surface area (Å²) >= 11 is 0. The van der Waals surface area contributed by atoms with Crippen molar-refractivity contribution < 1.29 is 4.79 Å². The molecule has 0 fully saturated rings. The largest absolute Gasteiger partial charge is 0.292 e. The Morgan fingerprint density at radius 3 is 2.71 bits per heavy atom. The third-order valence-corrected chi connectivity index (χ3v) is 4.72. The molecule has 0 unspecified atom stereocenters. The van der Waals surface area contributed by atoms with Crippen LogP contribution < -0.4 is 5.56 Å². The predicted octanol–water partition coefficient (Wildman–Crippen LogP) is 3.16. The lowest BCUT2D eigenvalue weighted by atomic mass is 9.90. The van der Waals surface area contributed by atoms with E-state index in [1.807, 2.05) is 18.2 Å². The Labute approximate surface area is 139 Å². The average molecular weight is 318 g/mol. The highest BCUT2D eigenvalue weighted by Crippen LogP contribution is 2.22. The van der Waals surface area contributed by atoms with Gasteiger partial charge in [-0.25, -0.2) is 4.98 Å². The Kier molecular flexibility index (Phi) is 3.73. The van der Waals surface area contributed by atoms with Crippen LogP contribution in [0.5, 0.6) is 0 Å². The standard InChI is InChI=1S/C20H18N2O2/c23-19(16-10-9-14-5-1-2-6-15(14)11-16)12-22-13-21-18-8-4-3-7-17(18)20(22)24/h3-4,7-11,13H,1-2,5-6,12H2. The fourth-order valence-corrected chi connectivity index (χ4v) is 3.37. The van der Waals surface area contributed by atoms with E-state index in [1.165, 1.54) is 34.9 Å². The van der Waals surface area contributed by atoms with Gasteiger partial charge in [0.25, 0.3) is 5.56 Å². The monoisotopic (exact) mass is 318 g/mol. The first-order valence-electron chi connectivity index (χ1n) is 8.31. The molecule has 0 radical (unpaired) electrons. The van der Waals surface area contributed by atoms with Gasteiger partial charge in [0.2, 0.25) is 0 Å². The van der Waals surface area contributed by atoms with Crippen LogP contribution in [0.3, 0.4) is 0 Å². The minimum absolute atomic E-state index is 0.0233. The zero-order valence-corrected chi connectivity index (χ0v) is 13.4. The zero-order chi connectivity index (χ0) is 16.5. The molecule has 0 saturated heterocycles. The maximum absolute atomic E-state index is 12.6. The van der Waals surface area contributed by atoms with Crippen molar-refractivity contribution in [3.63, 3.8) is 0 Å². The maximum atomic E-state index is 12.6. The molecule has 2 aromatic carbocycles. The molecule has 0 aliphatic heterocycles. The molecular formula is C20H18N2O2. The lowest BCUT2D eigenvalue weighted by Crippen LogP contribution is -2.24. The number of carbonyl (C=O) groups excluding carboxylic acids is 1. The van der Waals surface area contributed by atoms with Crippen LogP contribution in [0.25, 0.3) is 10.9 Å². The van der Waals surface area contributed by atoms with Gasteiger partial charge in [-0.05, 0) is 55.0 Å². The van der Waals surface area contributed by atoms with Gasteiger partial charge in [0.1, 0.15) is 0 Å². The fraction of sp³-hybridized carbons (Fsp3) is 0.250. The van der Waals surface area contributed by atoms with Gasteiger partial charge in [-0.1, -0.05) is 24.3 Å². The van der Waals surface area contributed by atoms with Crippen molar-refractivity contribution >= 4 is 16.7 Å². The van der Waals surface area contributed by atoms with Crippen LogP contribution in [0.2, 0.25) is 0 Å². The van der Waals surface area contributed by atoms with E-state index in [9.17, 15) is 9.59 Å². The van der Waals surface area contributed by atoms with E-state index in [1.54, 1.807) is 18.2 Å². The first-order chi connectivity index (χ1) is 11.7. The summed E-state index contributed by atoms with van der Waals surface area (Å²) in [5, 5.41) is 0.540. The zero-order valence-electron chi connectivity index (χ0n) is 13.4. The molecule has 0 spiro atoms. The van der Waals surface area contributed by atoms with E-state index in [0.29, 0.717) is 16.5 Å². The van der Waals surface area contributed by atoms with Gasteiger partial charge in [-0.3, -0.25) is 14.2 Å². The van der Waals surface area contributed by atoms with Crippen molar-refractivity contribution in [2.45, 2.75) is 32.2 Å². The second kappa shape index (κ2) is 6.04. The van der Waals surface area contributed by atoms with Crippen molar-refractivity contribution in [2.24, 2.45) is 0 Å². The number of aromatic nitrogens is 2. The van der Waals surface area contributed by atoms with Crippen LogP contribution in [0.1, 0.15) is 34.3 Å². The molecule has 120 valence electrons. The maximum Gasteiger partial charge on any atom is 0.261 e. The number of para-hydroxylation sites is 1. The van der Waals surface area contributed by atoms with E-state index in [0.717, 1.165) is 12.8 Å². The van der Waals surface area contributed by atoms with Crippen LogP contribution in [0.15, 0.2) is 53.6 Å². The lowest BCUT2D eigenvalue weighted by Gasteiger charge is -2.16. The second-order valence-corrected chi connectivity index (χ2v) is 6.31. The van der Waals surface area contributed by atoms with E-state index in [2.05, 4.69) is 11.1 Å². The highest BCUT2D eigenvalue weighted by molar-refractivity contribution is 5.96. The quantitative estimate of drug-likeness (QED) is 0.697. The first-order valence-corrected chi connectivity index (χ1v) is 8.31. The summed E-state index contributed by atoms with van der Waals surface area (Å²) in [6.45, 7) is 0.0233. The number of fused-ring (bicyclic) bond motifs is 2. The number of ketones is 1. The SMILES string of the molecule is O=C(Cn1cnc2ccccc2c1=O)c1ccc2c(c1)CCCC2. The third-order valence-electron chi connectivity index (χ3n) is 4.72. The molecule has 4 nitrogen and oxygen atoms in total. The number of nitrogens with zero attached hydrogens (tertiary/aromatic N) is 2. The molecule has 1 heterocycles. The summed E-state index contributed by atoms with van der Waals surface area (Å²) < 4.78 is 1.39. The summed E-state index contributed by atoms with van der Waals surface area (Å²) in [7, 11) is 0. The number of hydrogen-bond donors (Lipinski definition) is 0. The smallest absolute Gasteiger partial charge is 0.261 e. The first kappa shape index (κ1) is 14.8. The summed E-state index contributed by atoms with van der Waals surface area (Å²) in [6.07, 6.45) is 5.99. The lowest BCUT2D eigenvalue weighted by molar-refractivity contribution is 0.0970. The van der Waals surface area contributed by atoms with Gasteiger partial charge >= 0.3 is 0 Å². The molecular weight excluding hydrogens is 300 g/mol. The molecule has 0 amide bonds. The van der Waals surface area contributed by atoms with Crippen LogP contribution in [0.4, 0.5) is 0 Å². The molecule has 0 saturated carbocycles. The Balaban J connectivity index is 1.65.